The summed E-state index contributed by atoms with van der Waals surface area (Å²) >= 11 is 5.86. The standard InChI is InChI=1S/C18H14ClN3O3/c19-15-6-5-12(7-14(15)18(24)25)21-8-11-9-22(10-17(20)23)16-4-2-1-3-13(11)16/h1-9H,10H2,(H2,20,23)(H,24,25). The van der Waals surface area contributed by atoms with Crippen LogP contribution in [0.25, 0.3) is 10.9 Å². The Morgan fingerprint density at radius 1 is 1.24 bits per heavy atom. The van der Waals surface area contributed by atoms with Crippen LogP contribution >= 0.6 is 11.6 Å². The Kier molecular flexibility index (Phi) is 4.54. The second-order valence-corrected chi connectivity index (χ2v) is 5.83. The number of hydrogen-bond acceptors (Lipinski definition) is 3. The molecule has 2 aromatic carbocycles. The molecular weight excluding hydrogens is 342 g/mol. The molecule has 0 radical (unpaired) electrons. The number of rotatable bonds is 5. The van der Waals surface area contributed by atoms with Crippen molar-refractivity contribution in [3.63, 3.8) is 0 Å². The maximum Gasteiger partial charge on any atom is 0.337 e. The molecule has 0 saturated carbocycles. The molecule has 126 valence electrons. The number of para-hydroxylation sites is 1. The number of carboxylic acids is 1. The van der Waals surface area contributed by atoms with Crippen molar-refractivity contribution < 1.29 is 14.7 Å². The summed E-state index contributed by atoms with van der Waals surface area (Å²) in [6.07, 6.45) is 3.40. The number of aliphatic imine (C=N–C) groups is 1. The molecule has 6 nitrogen and oxygen atoms in total. The number of benzene rings is 2. The molecule has 3 N–H and O–H groups in total. The van der Waals surface area contributed by atoms with E-state index in [4.69, 9.17) is 22.4 Å². The molecule has 1 heterocycles. The fraction of sp³-hybridized carbons (Fsp3) is 0.0556. The first-order valence-corrected chi connectivity index (χ1v) is 7.76. The molecule has 1 aromatic heterocycles. The molecule has 0 aliphatic rings. The van der Waals surface area contributed by atoms with Gasteiger partial charge in [0, 0.05) is 28.9 Å². The second kappa shape index (κ2) is 6.78. The van der Waals surface area contributed by atoms with E-state index >= 15 is 0 Å². The smallest absolute Gasteiger partial charge is 0.337 e. The summed E-state index contributed by atoms with van der Waals surface area (Å²) in [6.45, 7) is 0.0679. The molecule has 25 heavy (non-hydrogen) atoms. The van der Waals surface area contributed by atoms with Crippen LogP contribution in [0.3, 0.4) is 0 Å². The fourth-order valence-electron chi connectivity index (χ4n) is 2.58. The van der Waals surface area contributed by atoms with Gasteiger partial charge in [0.25, 0.3) is 0 Å². The van der Waals surface area contributed by atoms with Gasteiger partial charge in [0.15, 0.2) is 0 Å². The third-order valence-electron chi connectivity index (χ3n) is 3.68. The first-order valence-electron chi connectivity index (χ1n) is 7.39. The highest BCUT2D eigenvalue weighted by Crippen LogP contribution is 2.24. The molecule has 3 rings (SSSR count). The highest BCUT2D eigenvalue weighted by atomic mass is 35.5. The Bertz CT molecular complexity index is 1010. The summed E-state index contributed by atoms with van der Waals surface area (Å²) < 4.78 is 1.75. The Labute approximate surface area is 148 Å². The van der Waals surface area contributed by atoms with Gasteiger partial charge in [-0.25, -0.2) is 4.79 Å². The molecule has 0 saturated heterocycles. The highest BCUT2D eigenvalue weighted by molar-refractivity contribution is 6.33. The number of nitrogens with zero attached hydrogens (tertiary/aromatic N) is 2. The molecule has 0 fully saturated rings. The third kappa shape index (κ3) is 3.54. The van der Waals surface area contributed by atoms with Crippen LogP contribution < -0.4 is 5.73 Å². The lowest BCUT2D eigenvalue weighted by Gasteiger charge is -2.00. The lowest BCUT2D eigenvalue weighted by molar-refractivity contribution is -0.118. The number of carbonyl (C=O) groups excluding carboxylic acids is 1. The first-order chi connectivity index (χ1) is 12.0. The molecular formula is C18H14ClN3O3. The monoisotopic (exact) mass is 355 g/mol. The minimum Gasteiger partial charge on any atom is -0.478 e. The summed E-state index contributed by atoms with van der Waals surface area (Å²) in [6, 6.07) is 12.1. The van der Waals surface area contributed by atoms with Crippen molar-refractivity contribution >= 4 is 46.3 Å². The number of carboxylic acid groups (broad SMARTS) is 1. The van der Waals surface area contributed by atoms with Crippen molar-refractivity contribution in [2.24, 2.45) is 10.7 Å². The number of hydrogen-bond donors (Lipinski definition) is 2. The van der Waals surface area contributed by atoms with Crippen LogP contribution in [0, 0.1) is 0 Å². The molecule has 0 bridgehead atoms. The Morgan fingerprint density at radius 2 is 2.00 bits per heavy atom. The Hall–Kier alpha value is -3.12. The van der Waals surface area contributed by atoms with Gasteiger partial charge in [-0.1, -0.05) is 29.8 Å². The van der Waals surface area contributed by atoms with E-state index in [0.717, 1.165) is 16.5 Å². The van der Waals surface area contributed by atoms with Crippen LogP contribution in [0.1, 0.15) is 15.9 Å². The highest BCUT2D eigenvalue weighted by Gasteiger charge is 2.10. The van der Waals surface area contributed by atoms with Gasteiger partial charge in [-0.15, -0.1) is 0 Å². The van der Waals surface area contributed by atoms with Crippen LogP contribution in [0.4, 0.5) is 5.69 Å². The predicted octanol–water partition coefficient (Wildman–Crippen LogP) is 3.23. The quantitative estimate of drug-likeness (QED) is 0.687. The lowest BCUT2D eigenvalue weighted by Crippen LogP contribution is -2.17. The predicted molar refractivity (Wildman–Crippen MR) is 96.8 cm³/mol. The van der Waals surface area contributed by atoms with E-state index in [-0.39, 0.29) is 17.1 Å². The van der Waals surface area contributed by atoms with Crippen molar-refractivity contribution in [2.45, 2.75) is 6.54 Å². The van der Waals surface area contributed by atoms with Gasteiger partial charge in [-0.05, 0) is 24.3 Å². The zero-order valence-corrected chi connectivity index (χ0v) is 13.8. The molecule has 1 amide bonds. The summed E-state index contributed by atoms with van der Waals surface area (Å²) in [4.78, 5) is 26.7. The minimum atomic E-state index is -1.11. The van der Waals surface area contributed by atoms with Gasteiger partial charge in [0.2, 0.25) is 5.91 Å². The number of primary amides is 1. The number of nitrogens with two attached hydrogens (primary N) is 1. The van der Waals surface area contributed by atoms with Gasteiger partial charge in [-0.3, -0.25) is 9.79 Å². The van der Waals surface area contributed by atoms with Gasteiger partial charge in [-0.2, -0.15) is 0 Å². The molecule has 0 unspecified atom stereocenters. The largest absolute Gasteiger partial charge is 0.478 e. The van der Waals surface area contributed by atoms with E-state index in [1.165, 1.54) is 12.1 Å². The van der Waals surface area contributed by atoms with Crippen LogP contribution in [0.5, 0.6) is 0 Å². The molecule has 7 heteroatoms. The van der Waals surface area contributed by atoms with Crippen LogP contribution in [-0.2, 0) is 11.3 Å². The average Bonchev–Trinajstić information content (AvgIpc) is 2.91. The first kappa shape index (κ1) is 16.7. The number of carbonyl (C=O) groups is 2. The van der Waals surface area contributed by atoms with Crippen LogP contribution in [0.15, 0.2) is 53.7 Å². The van der Waals surface area contributed by atoms with Crippen LogP contribution in [-0.4, -0.2) is 27.8 Å². The molecule has 0 spiro atoms. The summed E-state index contributed by atoms with van der Waals surface area (Å²) in [5, 5.41) is 10.2. The topological polar surface area (TPSA) is 97.7 Å². The number of aromatic carboxylic acids is 1. The number of halogens is 1. The van der Waals surface area contributed by atoms with Crippen molar-refractivity contribution in [1.82, 2.24) is 4.57 Å². The van der Waals surface area contributed by atoms with E-state index in [1.54, 1.807) is 23.0 Å². The van der Waals surface area contributed by atoms with E-state index in [0.29, 0.717) is 5.69 Å². The summed E-state index contributed by atoms with van der Waals surface area (Å²) in [5.41, 5.74) is 7.41. The summed E-state index contributed by atoms with van der Waals surface area (Å²) in [7, 11) is 0. The van der Waals surface area contributed by atoms with Crippen molar-refractivity contribution in [3.8, 4) is 0 Å². The van der Waals surface area contributed by atoms with E-state index in [9.17, 15) is 9.59 Å². The fourth-order valence-corrected chi connectivity index (χ4v) is 2.78. The van der Waals surface area contributed by atoms with E-state index < -0.39 is 11.9 Å². The van der Waals surface area contributed by atoms with E-state index in [2.05, 4.69) is 4.99 Å². The van der Waals surface area contributed by atoms with Gasteiger partial charge in [0.1, 0.15) is 6.54 Å². The number of fused-ring (bicyclic) bond motifs is 1. The minimum absolute atomic E-state index is 0.00697. The number of amides is 1. The van der Waals surface area contributed by atoms with E-state index in [1.807, 2.05) is 24.3 Å². The molecule has 3 aromatic rings. The van der Waals surface area contributed by atoms with Gasteiger partial charge < -0.3 is 15.4 Å². The SMILES string of the molecule is NC(=O)Cn1cc(C=Nc2ccc(Cl)c(C(=O)O)c2)c2ccccc21. The van der Waals surface area contributed by atoms with Crippen LogP contribution in [0.2, 0.25) is 5.02 Å². The van der Waals surface area contributed by atoms with Crippen molar-refractivity contribution in [1.29, 1.82) is 0 Å². The molecule has 0 atom stereocenters. The Balaban J connectivity index is 2.00. The maximum atomic E-state index is 11.2. The summed E-state index contributed by atoms with van der Waals surface area (Å²) in [5.74, 6) is -1.55. The zero-order valence-electron chi connectivity index (χ0n) is 13.0. The van der Waals surface area contributed by atoms with Crippen molar-refractivity contribution in [2.75, 3.05) is 0 Å². The van der Waals surface area contributed by atoms with Gasteiger partial charge >= 0.3 is 5.97 Å². The lowest BCUT2D eigenvalue weighted by atomic mass is 10.2. The Morgan fingerprint density at radius 3 is 2.72 bits per heavy atom. The normalized spacial score (nSPS) is 11.2. The van der Waals surface area contributed by atoms with Gasteiger partial charge in [0.05, 0.1) is 16.3 Å². The third-order valence-corrected chi connectivity index (χ3v) is 4.01. The van der Waals surface area contributed by atoms with Crippen molar-refractivity contribution in [3.05, 3.63) is 64.8 Å². The maximum absolute atomic E-state index is 11.2. The second-order valence-electron chi connectivity index (χ2n) is 5.42. The number of aromatic nitrogens is 1. The molecule has 0 aliphatic heterocycles. The zero-order chi connectivity index (χ0) is 18.0. The average molecular weight is 356 g/mol. The molecule has 0 aliphatic carbocycles.